The number of aromatic nitrogens is 1. The molecule has 4 N–H and O–H groups in total. The van der Waals surface area contributed by atoms with Gasteiger partial charge in [-0.2, -0.15) is 4.37 Å². The van der Waals surface area contributed by atoms with E-state index in [4.69, 9.17) is 10.8 Å². The van der Waals surface area contributed by atoms with Gasteiger partial charge in [-0.3, -0.25) is 4.79 Å². The van der Waals surface area contributed by atoms with E-state index in [1.165, 1.54) is 0 Å². The van der Waals surface area contributed by atoms with Crippen molar-refractivity contribution in [3.05, 3.63) is 11.3 Å². The number of carboxylic acid groups (broad SMARTS) is 1. The van der Waals surface area contributed by atoms with Crippen LogP contribution in [0.15, 0.2) is 0 Å². The van der Waals surface area contributed by atoms with E-state index in [1.807, 2.05) is 0 Å². The number of aryl methyl sites for hydroxylation is 1. The van der Waals surface area contributed by atoms with Gasteiger partial charge in [-0.1, -0.05) is 0 Å². The zero-order valence-electron chi connectivity index (χ0n) is 8.27. The molecule has 0 aliphatic heterocycles. The van der Waals surface area contributed by atoms with Crippen LogP contribution in [0.25, 0.3) is 0 Å². The van der Waals surface area contributed by atoms with E-state index < -0.39 is 17.9 Å². The van der Waals surface area contributed by atoms with Crippen LogP contribution in [0.4, 0.5) is 5.00 Å². The average Bonchev–Trinajstić information content (AvgIpc) is 2.46. The lowest BCUT2D eigenvalue weighted by atomic mass is 10.2. The minimum Gasteiger partial charge on any atom is -0.478 e. The molecule has 6 nitrogen and oxygen atoms in total. The fourth-order valence-corrected chi connectivity index (χ4v) is 1.86. The number of hydrogen-bond acceptors (Lipinski definition) is 5. The van der Waals surface area contributed by atoms with Gasteiger partial charge in [0.1, 0.15) is 16.6 Å². The molecule has 1 atom stereocenters. The first kappa shape index (κ1) is 11.4. The van der Waals surface area contributed by atoms with Crippen molar-refractivity contribution in [1.29, 1.82) is 0 Å². The van der Waals surface area contributed by atoms with Crippen LogP contribution in [0.2, 0.25) is 0 Å². The smallest absolute Gasteiger partial charge is 0.340 e. The number of primary amides is 1. The van der Waals surface area contributed by atoms with Crippen molar-refractivity contribution < 1.29 is 14.7 Å². The molecule has 1 heterocycles. The molecule has 0 bridgehead atoms. The Morgan fingerprint density at radius 2 is 2.20 bits per heavy atom. The highest BCUT2D eigenvalue weighted by atomic mass is 32.1. The van der Waals surface area contributed by atoms with Crippen LogP contribution in [0.5, 0.6) is 0 Å². The number of anilines is 1. The molecule has 0 aromatic carbocycles. The van der Waals surface area contributed by atoms with Gasteiger partial charge in [0.25, 0.3) is 0 Å². The maximum atomic E-state index is 10.9. The summed E-state index contributed by atoms with van der Waals surface area (Å²) in [5.41, 5.74) is 5.57. The van der Waals surface area contributed by atoms with Crippen molar-refractivity contribution in [2.24, 2.45) is 5.73 Å². The number of nitrogens with one attached hydrogen (secondary N) is 1. The van der Waals surface area contributed by atoms with Crippen LogP contribution in [0, 0.1) is 6.92 Å². The molecular formula is C8H11N3O3S. The summed E-state index contributed by atoms with van der Waals surface area (Å²) in [6.07, 6.45) is 0. The van der Waals surface area contributed by atoms with E-state index in [9.17, 15) is 9.59 Å². The van der Waals surface area contributed by atoms with Gasteiger partial charge in [0.2, 0.25) is 5.91 Å². The molecule has 0 saturated heterocycles. The van der Waals surface area contributed by atoms with Gasteiger partial charge >= 0.3 is 5.97 Å². The van der Waals surface area contributed by atoms with E-state index in [2.05, 4.69) is 9.69 Å². The molecule has 0 radical (unpaired) electrons. The third-order valence-corrected chi connectivity index (χ3v) is 2.72. The monoisotopic (exact) mass is 229 g/mol. The van der Waals surface area contributed by atoms with Crippen LogP contribution in [-0.4, -0.2) is 27.4 Å². The lowest BCUT2D eigenvalue weighted by Gasteiger charge is -2.09. The first-order chi connectivity index (χ1) is 6.93. The second kappa shape index (κ2) is 4.26. The number of carbonyl (C=O) groups is 2. The SMILES string of the molecule is Cc1nsc(NC(C)C(N)=O)c1C(=O)O. The fraction of sp³-hybridized carbons (Fsp3) is 0.375. The molecule has 1 amide bonds. The molecule has 1 unspecified atom stereocenters. The highest BCUT2D eigenvalue weighted by molar-refractivity contribution is 7.10. The number of carbonyl (C=O) groups excluding carboxylic acids is 1. The van der Waals surface area contributed by atoms with Gasteiger partial charge in [0.15, 0.2) is 0 Å². The summed E-state index contributed by atoms with van der Waals surface area (Å²) in [7, 11) is 0. The van der Waals surface area contributed by atoms with E-state index >= 15 is 0 Å². The highest BCUT2D eigenvalue weighted by Crippen LogP contribution is 2.24. The quantitative estimate of drug-likeness (QED) is 0.694. The van der Waals surface area contributed by atoms with E-state index in [0.29, 0.717) is 10.7 Å². The Morgan fingerprint density at radius 1 is 1.60 bits per heavy atom. The minimum atomic E-state index is -1.07. The number of hydrogen-bond donors (Lipinski definition) is 3. The molecule has 1 rings (SSSR count). The Bertz CT molecular complexity index is 402. The van der Waals surface area contributed by atoms with Crippen molar-refractivity contribution in [3.8, 4) is 0 Å². The van der Waals surface area contributed by atoms with Crippen molar-refractivity contribution in [2.75, 3.05) is 5.32 Å². The highest BCUT2D eigenvalue weighted by Gasteiger charge is 2.20. The van der Waals surface area contributed by atoms with Crippen molar-refractivity contribution in [3.63, 3.8) is 0 Å². The van der Waals surface area contributed by atoms with Gasteiger partial charge < -0.3 is 16.2 Å². The van der Waals surface area contributed by atoms with Crippen molar-refractivity contribution in [1.82, 2.24) is 4.37 Å². The summed E-state index contributed by atoms with van der Waals surface area (Å²) in [4.78, 5) is 21.7. The third-order valence-electron chi connectivity index (χ3n) is 1.85. The van der Waals surface area contributed by atoms with Gasteiger partial charge in [0.05, 0.1) is 5.69 Å². The summed E-state index contributed by atoms with van der Waals surface area (Å²) in [6, 6.07) is -0.622. The van der Waals surface area contributed by atoms with E-state index in [1.54, 1.807) is 13.8 Å². The van der Waals surface area contributed by atoms with E-state index in [0.717, 1.165) is 11.5 Å². The Labute approximate surface area is 90.3 Å². The summed E-state index contributed by atoms with van der Waals surface area (Å²) in [5.74, 6) is -1.61. The normalized spacial score (nSPS) is 12.1. The zero-order valence-corrected chi connectivity index (χ0v) is 9.09. The lowest BCUT2D eigenvalue weighted by Crippen LogP contribution is -2.32. The Hall–Kier alpha value is -1.63. The van der Waals surface area contributed by atoms with Crippen LogP contribution in [-0.2, 0) is 4.79 Å². The maximum Gasteiger partial charge on any atom is 0.340 e. The van der Waals surface area contributed by atoms with Crippen LogP contribution < -0.4 is 11.1 Å². The number of amides is 1. The summed E-state index contributed by atoms with van der Waals surface area (Å²) in [6.45, 7) is 3.16. The van der Waals surface area contributed by atoms with Crippen LogP contribution >= 0.6 is 11.5 Å². The fourth-order valence-electron chi connectivity index (χ4n) is 0.988. The maximum absolute atomic E-state index is 10.9. The largest absolute Gasteiger partial charge is 0.478 e. The van der Waals surface area contributed by atoms with Crippen LogP contribution in [0.3, 0.4) is 0 Å². The van der Waals surface area contributed by atoms with E-state index in [-0.39, 0.29) is 5.56 Å². The van der Waals surface area contributed by atoms with Gasteiger partial charge in [-0.15, -0.1) is 0 Å². The summed E-state index contributed by atoms with van der Waals surface area (Å²) >= 11 is 1.00. The molecule has 0 spiro atoms. The second-order valence-corrected chi connectivity index (χ2v) is 3.82. The number of carboxylic acids is 1. The van der Waals surface area contributed by atoms with Crippen LogP contribution in [0.1, 0.15) is 23.0 Å². The molecule has 0 saturated carbocycles. The van der Waals surface area contributed by atoms with Gasteiger partial charge in [-0.25, -0.2) is 4.79 Å². The average molecular weight is 229 g/mol. The second-order valence-electron chi connectivity index (χ2n) is 3.05. The third kappa shape index (κ3) is 2.44. The predicted octanol–water partition coefficient (Wildman–Crippen LogP) is 0.435. The first-order valence-corrected chi connectivity index (χ1v) is 4.96. The number of rotatable bonds is 4. The molecule has 15 heavy (non-hydrogen) atoms. The Balaban J connectivity index is 2.95. The molecule has 1 aromatic heterocycles. The zero-order chi connectivity index (χ0) is 11.6. The molecule has 0 fully saturated rings. The molecule has 0 aliphatic rings. The van der Waals surface area contributed by atoms with Gasteiger partial charge in [-0.05, 0) is 25.4 Å². The first-order valence-electron chi connectivity index (χ1n) is 4.19. The summed E-state index contributed by atoms with van der Waals surface area (Å²) in [5, 5.41) is 12.0. The molecule has 0 aliphatic carbocycles. The minimum absolute atomic E-state index is 0.0908. The lowest BCUT2D eigenvalue weighted by molar-refractivity contribution is -0.118. The number of nitrogens with two attached hydrogens (primary N) is 1. The standard InChI is InChI=1S/C8H11N3O3S/c1-3-5(8(13)14)7(15-11-3)10-4(2)6(9)12/h4,10H,1-2H3,(H2,9,12)(H,13,14). The molecule has 7 heteroatoms. The Kier molecular flexibility index (Phi) is 3.25. The number of nitrogens with zero attached hydrogens (tertiary/aromatic N) is 1. The molecule has 82 valence electrons. The summed E-state index contributed by atoms with van der Waals surface area (Å²) < 4.78 is 3.90. The molecular weight excluding hydrogens is 218 g/mol. The van der Waals surface area contributed by atoms with Crippen molar-refractivity contribution in [2.45, 2.75) is 19.9 Å². The van der Waals surface area contributed by atoms with Gasteiger partial charge in [0, 0.05) is 0 Å². The van der Waals surface area contributed by atoms with Crippen molar-refractivity contribution >= 4 is 28.4 Å². The topological polar surface area (TPSA) is 105 Å². The molecule has 1 aromatic rings. The Morgan fingerprint density at radius 3 is 2.67 bits per heavy atom. The number of aromatic carboxylic acids is 1. The predicted molar refractivity (Wildman–Crippen MR) is 56.1 cm³/mol.